The fourth-order valence-electron chi connectivity index (χ4n) is 14.3. The van der Waals surface area contributed by atoms with E-state index in [1.165, 1.54) is 356 Å². The van der Waals surface area contributed by atoms with Crippen LogP contribution in [0.15, 0.2) is 34.1 Å². The first-order valence-corrected chi connectivity index (χ1v) is 44.8. The molecule has 0 aliphatic heterocycles. The molecule has 2 rings (SSSR count). The quantitative estimate of drug-likeness (QED) is 0.0366. The van der Waals surface area contributed by atoms with E-state index in [4.69, 9.17) is 3.32 Å². The molecule has 10 heteroatoms. The molecule has 0 aliphatic carbocycles. The molecule has 0 fully saturated rings. The van der Waals surface area contributed by atoms with Crippen LogP contribution in [0.3, 0.4) is 0 Å². The van der Waals surface area contributed by atoms with E-state index in [9.17, 15) is 25.9 Å². The first kappa shape index (κ1) is 92.8. The molecule has 0 atom stereocenters. The Balaban J connectivity index is 0.00000179. The van der Waals surface area contributed by atoms with Crippen LogP contribution in [0.1, 0.15) is 460 Å². The van der Waals surface area contributed by atoms with Gasteiger partial charge in [-0.2, -0.15) is 0 Å². The van der Waals surface area contributed by atoms with Crippen molar-refractivity contribution in [2.45, 2.75) is 475 Å². The third-order valence-electron chi connectivity index (χ3n) is 20.2. The van der Waals surface area contributed by atoms with Crippen LogP contribution in [-0.4, -0.2) is 25.9 Å². The van der Waals surface area contributed by atoms with Crippen LogP contribution >= 0.6 is 0 Å². The second-order valence-electron chi connectivity index (χ2n) is 28.9. The Hall–Kier alpha value is -1.23. The van der Waals surface area contributed by atoms with E-state index in [0.717, 1.165) is 121 Å². The monoisotopic (exact) mass is 1390 g/mol. The molecule has 0 spiro atoms. The third-order valence-corrected chi connectivity index (χ3v) is 22.1. The van der Waals surface area contributed by atoms with Crippen LogP contribution in [0.2, 0.25) is 0 Å². The summed E-state index contributed by atoms with van der Waals surface area (Å²) in [6.45, 7) is 13.6. The SMILES string of the molecule is CCCCCCCCCCCCc1ccc(S(=O)(=O)[O-])c(CCCCCCCCCCCC)c1CCCCCCCCCCCC.CCCCCCCCCCCCc1ccc(S(=O)(=O)[O-])c(CCCCCCCCCCCC)c1CCCCCCCCCCCC.[O]=[Ti+2]. The van der Waals surface area contributed by atoms with Gasteiger partial charge in [-0.1, -0.05) is 400 Å². The summed E-state index contributed by atoms with van der Waals surface area (Å²) in [5.41, 5.74) is 6.78. The zero-order valence-corrected chi connectivity index (χ0v) is 66.3. The van der Waals surface area contributed by atoms with Crippen molar-refractivity contribution in [3.05, 3.63) is 57.6 Å². The van der Waals surface area contributed by atoms with Crippen molar-refractivity contribution in [1.82, 2.24) is 0 Å². The van der Waals surface area contributed by atoms with E-state index in [0.29, 0.717) is 0 Å². The molecule has 0 bridgehead atoms. The van der Waals surface area contributed by atoms with Gasteiger partial charge in [0.15, 0.2) is 0 Å². The second-order valence-corrected chi connectivity index (χ2v) is 31.6. The molecule has 0 heterocycles. The van der Waals surface area contributed by atoms with Crippen molar-refractivity contribution in [2.75, 3.05) is 0 Å². The van der Waals surface area contributed by atoms with E-state index >= 15 is 0 Å². The van der Waals surface area contributed by atoms with Crippen LogP contribution in [0.5, 0.6) is 0 Å². The first-order valence-electron chi connectivity index (χ1n) is 41.3. The Morgan fingerprint density at radius 3 is 0.511 bits per heavy atom. The van der Waals surface area contributed by atoms with E-state index in [1.54, 1.807) is 12.1 Å². The number of hydrogen-bond donors (Lipinski definition) is 0. The van der Waals surface area contributed by atoms with Crippen LogP contribution in [0, 0.1) is 0 Å². The summed E-state index contributed by atoms with van der Waals surface area (Å²) in [6.07, 6.45) is 82.7. The van der Waals surface area contributed by atoms with E-state index in [1.807, 2.05) is 12.1 Å². The zero-order valence-electron chi connectivity index (χ0n) is 63.2. The van der Waals surface area contributed by atoms with Gasteiger partial charge in [0, 0.05) is 0 Å². The second kappa shape index (κ2) is 68.9. The standard InChI is InChI=1S/2C42H78O3S.O.Ti/c2*1-4-7-10-13-16-19-22-25-28-31-34-39-37-38-42(46(43,44)45)41(36-33-30-27-24-21-18-15-12-9-6-3)40(39)35-32-29-26-23-20-17-14-11-8-5-2;;/h2*37-38H,4-36H2,1-3H3,(H,43,44,45);;/q;;;+2/p-2. The van der Waals surface area contributed by atoms with Crippen molar-refractivity contribution in [3.63, 3.8) is 0 Å². The van der Waals surface area contributed by atoms with Crippen molar-refractivity contribution >= 4 is 20.2 Å². The van der Waals surface area contributed by atoms with Gasteiger partial charge in [-0.05, 0) is 123 Å². The van der Waals surface area contributed by atoms with Crippen molar-refractivity contribution < 1.29 is 49.7 Å². The number of benzene rings is 2. The summed E-state index contributed by atoms with van der Waals surface area (Å²) < 4.78 is 82.8. The maximum absolute atomic E-state index is 12.4. The molecule has 2 aromatic rings. The molecule has 0 radical (unpaired) electrons. The minimum absolute atomic E-state index is 0.0670. The summed E-state index contributed by atoms with van der Waals surface area (Å²) in [5, 5.41) is 0. The molecule has 0 aromatic heterocycles. The molecule has 0 amide bonds. The van der Waals surface area contributed by atoms with Crippen LogP contribution in [0.4, 0.5) is 0 Å². The number of hydrogen-bond acceptors (Lipinski definition) is 7. The van der Waals surface area contributed by atoms with Crippen LogP contribution in [-0.2, 0) is 82.5 Å². The van der Waals surface area contributed by atoms with Crippen molar-refractivity contribution in [3.8, 4) is 0 Å². The van der Waals surface area contributed by atoms with Crippen LogP contribution < -0.4 is 0 Å². The number of rotatable bonds is 68. The Morgan fingerprint density at radius 2 is 0.351 bits per heavy atom. The van der Waals surface area contributed by atoms with Gasteiger partial charge < -0.3 is 9.11 Å². The summed E-state index contributed by atoms with van der Waals surface area (Å²) in [5.74, 6) is 0. The van der Waals surface area contributed by atoms with Gasteiger partial charge in [-0.15, -0.1) is 0 Å². The Morgan fingerprint density at radius 1 is 0.213 bits per heavy atom. The molecule has 0 unspecified atom stereocenters. The zero-order chi connectivity index (χ0) is 69.1. The summed E-state index contributed by atoms with van der Waals surface area (Å²) in [6, 6.07) is 7.29. The van der Waals surface area contributed by atoms with Gasteiger partial charge in [0.2, 0.25) is 0 Å². The predicted octanol–water partition coefficient (Wildman–Crippen LogP) is 27.8. The minimum atomic E-state index is -4.48. The molecule has 0 saturated carbocycles. The molecule has 2 aromatic carbocycles. The van der Waals surface area contributed by atoms with Crippen molar-refractivity contribution in [2.24, 2.45) is 0 Å². The predicted molar refractivity (Wildman–Crippen MR) is 403 cm³/mol. The summed E-state index contributed by atoms with van der Waals surface area (Å²) in [4.78, 5) is 0.134. The fourth-order valence-corrected chi connectivity index (χ4v) is 15.8. The maximum atomic E-state index is 12.4. The third kappa shape index (κ3) is 53.7. The Bertz CT molecular complexity index is 2030. The van der Waals surface area contributed by atoms with E-state index < -0.39 is 20.2 Å². The van der Waals surface area contributed by atoms with Crippen LogP contribution in [0.25, 0.3) is 0 Å². The molecule has 0 N–H and O–H groups in total. The summed E-state index contributed by atoms with van der Waals surface area (Å²) in [7, 11) is -8.96. The molecule has 7 nitrogen and oxygen atoms in total. The Labute approximate surface area is 598 Å². The molecule has 0 saturated heterocycles. The van der Waals surface area contributed by atoms with E-state index in [-0.39, 0.29) is 9.79 Å². The first-order chi connectivity index (χ1) is 45.9. The molecule has 548 valence electrons. The van der Waals surface area contributed by atoms with E-state index in [2.05, 4.69) is 41.5 Å². The summed E-state index contributed by atoms with van der Waals surface area (Å²) >= 11 is 0.750. The topological polar surface area (TPSA) is 131 Å². The van der Waals surface area contributed by atoms with Gasteiger partial charge in [-0.3, -0.25) is 0 Å². The Kier molecular flexibility index (Phi) is 68.0. The van der Waals surface area contributed by atoms with Gasteiger partial charge in [0.1, 0.15) is 20.2 Å². The number of unbranched alkanes of at least 4 members (excludes halogenated alkanes) is 54. The molecular formula is C84H154O7S2Ti. The average molecular weight is 1390 g/mol. The number of aryl methyl sites for hydroxylation is 2. The fraction of sp³-hybridized carbons (Fsp3) is 0.857. The van der Waals surface area contributed by atoms with Gasteiger partial charge >= 0.3 is 23.7 Å². The molecule has 0 aliphatic rings. The molecular weight excluding hydrogens is 1230 g/mol. The van der Waals surface area contributed by atoms with Gasteiger partial charge in [0.05, 0.1) is 9.79 Å². The molecule has 94 heavy (non-hydrogen) atoms. The van der Waals surface area contributed by atoms with Gasteiger partial charge in [0.25, 0.3) is 0 Å². The average Bonchev–Trinajstić information content (AvgIpc) is 0.807. The van der Waals surface area contributed by atoms with Gasteiger partial charge in [-0.25, -0.2) is 16.8 Å². The van der Waals surface area contributed by atoms with Crippen molar-refractivity contribution in [1.29, 1.82) is 0 Å². The normalized spacial score (nSPS) is 11.7.